The van der Waals surface area contributed by atoms with E-state index in [0.717, 1.165) is 18.2 Å². The fourth-order valence-electron chi connectivity index (χ4n) is 2.40. The van der Waals surface area contributed by atoms with Crippen molar-refractivity contribution in [3.05, 3.63) is 69.8 Å². The summed E-state index contributed by atoms with van der Waals surface area (Å²) in [6.45, 7) is 0. The zero-order chi connectivity index (χ0) is 19.4. The number of rotatable bonds is 6. The number of carboxylic acid groups (broad SMARTS) is 4. The third-order valence-corrected chi connectivity index (χ3v) is 3.54. The molecule has 0 bridgehead atoms. The van der Waals surface area contributed by atoms with Gasteiger partial charge in [0, 0.05) is 5.56 Å². The van der Waals surface area contributed by atoms with Crippen LogP contribution in [-0.4, -0.2) is 44.3 Å². The first-order valence-electron chi connectivity index (χ1n) is 7.11. The van der Waals surface area contributed by atoms with Gasteiger partial charge in [0.05, 0.1) is 22.3 Å². The topological polar surface area (TPSA) is 149 Å². The van der Waals surface area contributed by atoms with Gasteiger partial charge in [-0.15, -0.1) is 0 Å². The lowest BCUT2D eigenvalue weighted by atomic mass is 9.94. The van der Waals surface area contributed by atoms with E-state index in [1.807, 2.05) is 0 Å². The molecule has 0 saturated carbocycles. The Morgan fingerprint density at radius 3 is 1.69 bits per heavy atom. The number of carboxylic acids is 4. The number of hydrogen-bond donors (Lipinski definition) is 4. The molecule has 0 aromatic heterocycles. The molecule has 0 aliphatic rings. The van der Waals surface area contributed by atoms with Crippen molar-refractivity contribution in [1.29, 1.82) is 0 Å². The van der Waals surface area contributed by atoms with E-state index in [0.29, 0.717) is 0 Å². The summed E-state index contributed by atoms with van der Waals surface area (Å²) in [7, 11) is 0. The van der Waals surface area contributed by atoms with E-state index in [2.05, 4.69) is 0 Å². The van der Waals surface area contributed by atoms with Crippen LogP contribution in [0.25, 0.3) is 12.2 Å². The normalized spacial score (nSPS) is 10.6. The van der Waals surface area contributed by atoms with E-state index in [1.54, 1.807) is 6.07 Å². The van der Waals surface area contributed by atoms with Crippen LogP contribution >= 0.6 is 0 Å². The highest BCUT2D eigenvalue weighted by Crippen LogP contribution is 2.24. The summed E-state index contributed by atoms with van der Waals surface area (Å²) in [5.74, 6) is -5.81. The Bertz CT molecular complexity index is 956. The quantitative estimate of drug-likeness (QED) is 0.577. The molecule has 0 atom stereocenters. The first-order chi connectivity index (χ1) is 12.2. The van der Waals surface area contributed by atoms with Gasteiger partial charge in [0.25, 0.3) is 0 Å². The van der Waals surface area contributed by atoms with Crippen molar-refractivity contribution in [3.63, 3.8) is 0 Å². The maximum atomic E-state index is 11.5. The number of carbonyl (C=O) groups is 4. The molecule has 132 valence electrons. The highest BCUT2D eigenvalue weighted by Gasteiger charge is 2.24. The third kappa shape index (κ3) is 3.59. The molecule has 8 nitrogen and oxygen atoms in total. The minimum atomic E-state index is -1.61. The summed E-state index contributed by atoms with van der Waals surface area (Å²) >= 11 is 0. The van der Waals surface area contributed by atoms with Crippen LogP contribution in [0.15, 0.2) is 36.4 Å². The SMILES string of the molecule is O=C(O)c1ccccc1/C=C/c1c(C(=O)O)ccc(C(=O)O)c1C(=O)O. The van der Waals surface area contributed by atoms with Crippen molar-refractivity contribution in [2.75, 3.05) is 0 Å². The molecule has 0 aliphatic heterocycles. The first kappa shape index (κ1) is 18.4. The molecule has 2 aromatic carbocycles. The van der Waals surface area contributed by atoms with Crippen LogP contribution in [0.1, 0.15) is 52.6 Å². The second kappa shape index (κ2) is 7.31. The predicted molar refractivity (Wildman–Crippen MR) is 89.6 cm³/mol. The molecule has 0 aliphatic carbocycles. The molecule has 0 fully saturated rings. The van der Waals surface area contributed by atoms with Crippen LogP contribution in [0.4, 0.5) is 0 Å². The second-order valence-corrected chi connectivity index (χ2v) is 5.09. The molecular weight excluding hydrogens is 344 g/mol. The molecule has 2 rings (SSSR count). The highest BCUT2D eigenvalue weighted by atomic mass is 16.4. The molecule has 0 unspecified atom stereocenters. The van der Waals surface area contributed by atoms with E-state index in [1.165, 1.54) is 24.3 Å². The van der Waals surface area contributed by atoms with Gasteiger partial charge in [-0.3, -0.25) is 0 Å². The predicted octanol–water partition coefficient (Wildman–Crippen LogP) is 2.65. The summed E-state index contributed by atoms with van der Waals surface area (Å²) in [4.78, 5) is 45.4. The highest BCUT2D eigenvalue weighted by molar-refractivity contribution is 6.08. The number of aromatic carboxylic acids is 4. The zero-order valence-corrected chi connectivity index (χ0v) is 13.0. The van der Waals surface area contributed by atoms with Crippen LogP contribution in [0, 0.1) is 0 Å². The first-order valence-corrected chi connectivity index (χ1v) is 7.11. The van der Waals surface area contributed by atoms with Crippen LogP contribution in [0.5, 0.6) is 0 Å². The summed E-state index contributed by atoms with van der Waals surface area (Å²) in [6, 6.07) is 7.71. The maximum absolute atomic E-state index is 11.5. The Kier molecular flexibility index (Phi) is 5.17. The van der Waals surface area contributed by atoms with E-state index in [4.69, 9.17) is 10.2 Å². The van der Waals surface area contributed by atoms with Crippen molar-refractivity contribution in [1.82, 2.24) is 0 Å². The average Bonchev–Trinajstić information content (AvgIpc) is 2.58. The monoisotopic (exact) mass is 356 g/mol. The minimum absolute atomic E-state index is 0.0770. The van der Waals surface area contributed by atoms with Crippen LogP contribution < -0.4 is 0 Å². The summed E-state index contributed by atoms with van der Waals surface area (Å²) < 4.78 is 0. The maximum Gasteiger partial charge on any atom is 0.337 e. The number of hydrogen-bond acceptors (Lipinski definition) is 4. The molecular formula is C18H12O8. The summed E-state index contributed by atoms with van der Waals surface area (Å²) in [6.07, 6.45) is 2.31. The molecule has 0 saturated heterocycles. The smallest absolute Gasteiger partial charge is 0.337 e. The van der Waals surface area contributed by atoms with E-state index >= 15 is 0 Å². The Morgan fingerprint density at radius 1 is 0.615 bits per heavy atom. The molecule has 0 radical (unpaired) electrons. The van der Waals surface area contributed by atoms with Gasteiger partial charge in [-0.25, -0.2) is 19.2 Å². The second-order valence-electron chi connectivity index (χ2n) is 5.09. The molecule has 4 N–H and O–H groups in total. The van der Waals surface area contributed by atoms with Crippen molar-refractivity contribution in [3.8, 4) is 0 Å². The van der Waals surface area contributed by atoms with Crippen molar-refractivity contribution in [2.24, 2.45) is 0 Å². The summed E-state index contributed by atoms with van der Waals surface area (Å²) in [5.41, 5.74) is -1.91. The van der Waals surface area contributed by atoms with Gasteiger partial charge in [-0.1, -0.05) is 30.4 Å². The van der Waals surface area contributed by atoms with Gasteiger partial charge < -0.3 is 20.4 Å². The molecule has 8 heteroatoms. The van der Waals surface area contributed by atoms with E-state index in [-0.39, 0.29) is 16.7 Å². The minimum Gasteiger partial charge on any atom is -0.478 e. The largest absolute Gasteiger partial charge is 0.478 e. The van der Waals surface area contributed by atoms with Gasteiger partial charge in [0.15, 0.2) is 0 Å². The molecule has 0 amide bonds. The van der Waals surface area contributed by atoms with Crippen molar-refractivity contribution < 1.29 is 39.6 Å². The van der Waals surface area contributed by atoms with Crippen molar-refractivity contribution >= 4 is 36.0 Å². The molecule has 0 heterocycles. The number of benzene rings is 2. The van der Waals surface area contributed by atoms with E-state index in [9.17, 15) is 29.4 Å². The fourth-order valence-corrected chi connectivity index (χ4v) is 2.40. The molecule has 0 spiro atoms. The fraction of sp³-hybridized carbons (Fsp3) is 0. The van der Waals surface area contributed by atoms with Gasteiger partial charge in [0.2, 0.25) is 0 Å². The molecule has 26 heavy (non-hydrogen) atoms. The van der Waals surface area contributed by atoms with E-state index < -0.39 is 40.6 Å². The lowest BCUT2D eigenvalue weighted by molar-refractivity contribution is 0.0649. The van der Waals surface area contributed by atoms with Crippen molar-refractivity contribution in [2.45, 2.75) is 0 Å². The average molecular weight is 356 g/mol. The van der Waals surface area contributed by atoms with Crippen LogP contribution in [0.3, 0.4) is 0 Å². The van der Waals surface area contributed by atoms with Gasteiger partial charge in [-0.2, -0.15) is 0 Å². The Labute approximate surface area is 146 Å². The Morgan fingerprint density at radius 2 is 1.15 bits per heavy atom. The van der Waals surface area contributed by atoms with Gasteiger partial charge in [0.1, 0.15) is 0 Å². The molecule has 2 aromatic rings. The van der Waals surface area contributed by atoms with Crippen LogP contribution in [0.2, 0.25) is 0 Å². The van der Waals surface area contributed by atoms with Crippen LogP contribution in [-0.2, 0) is 0 Å². The van der Waals surface area contributed by atoms with Gasteiger partial charge >= 0.3 is 23.9 Å². The standard InChI is InChI=1S/C18H12O8/c19-15(20)10-4-2-1-3-9(10)5-6-11-12(16(21)22)7-8-13(17(23)24)14(11)18(25)26/h1-8H,(H,19,20)(H,21,22)(H,23,24)(H,25,26)/b6-5+. The lowest BCUT2D eigenvalue weighted by Crippen LogP contribution is -2.14. The van der Waals surface area contributed by atoms with Gasteiger partial charge in [-0.05, 0) is 23.8 Å². The Balaban J connectivity index is 2.74. The Hall–Kier alpha value is -3.94. The third-order valence-electron chi connectivity index (χ3n) is 3.54. The lowest BCUT2D eigenvalue weighted by Gasteiger charge is -2.09. The zero-order valence-electron chi connectivity index (χ0n) is 13.0. The summed E-state index contributed by atoms with van der Waals surface area (Å²) in [5, 5.41) is 37.0.